The van der Waals surface area contributed by atoms with E-state index in [0.717, 1.165) is 23.1 Å². The van der Waals surface area contributed by atoms with Gasteiger partial charge in [0.2, 0.25) is 0 Å². The molecule has 0 amide bonds. The zero-order chi connectivity index (χ0) is 14.1. The third-order valence-electron chi connectivity index (χ3n) is 3.65. The van der Waals surface area contributed by atoms with E-state index in [9.17, 15) is 0 Å². The summed E-state index contributed by atoms with van der Waals surface area (Å²) in [5.41, 5.74) is 3.90. The first-order chi connectivity index (χ1) is 9.67. The van der Waals surface area contributed by atoms with Gasteiger partial charge in [-0.15, -0.1) is 0 Å². The molecule has 1 aliphatic rings. The summed E-state index contributed by atoms with van der Waals surface area (Å²) in [7, 11) is 1.71. The maximum Gasteiger partial charge on any atom is 0.119 e. The van der Waals surface area contributed by atoms with Gasteiger partial charge in [-0.1, -0.05) is 12.1 Å². The van der Waals surface area contributed by atoms with Crippen LogP contribution in [0.2, 0.25) is 0 Å². The van der Waals surface area contributed by atoms with Crippen LogP contribution >= 0.6 is 38.5 Å². The van der Waals surface area contributed by atoms with Crippen molar-refractivity contribution >= 4 is 44.2 Å². The lowest BCUT2D eigenvalue weighted by Gasteiger charge is -2.28. The van der Waals surface area contributed by atoms with E-state index in [2.05, 4.69) is 68.1 Å². The molecule has 2 aromatic carbocycles. The van der Waals surface area contributed by atoms with Crippen LogP contribution in [0.15, 0.2) is 40.9 Å². The highest BCUT2D eigenvalue weighted by Crippen LogP contribution is 2.38. The predicted octanol–water partition coefficient (Wildman–Crippen LogP) is 5.16. The molecule has 1 heterocycles. The van der Waals surface area contributed by atoms with E-state index in [1.807, 2.05) is 12.1 Å². The second-order valence-corrected chi connectivity index (χ2v) is 7.03. The number of rotatable bonds is 2. The Morgan fingerprint density at radius 2 is 2.15 bits per heavy atom. The van der Waals surface area contributed by atoms with E-state index >= 15 is 0 Å². The summed E-state index contributed by atoms with van der Waals surface area (Å²) < 4.78 is 7.73. The van der Waals surface area contributed by atoms with Crippen molar-refractivity contribution in [2.24, 2.45) is 0 Å². The topological polar surface area (TPSA) is 21.3 Å². The molecule has 0 bridgehead atoms. The van der Waals surface area contributed by atoms with E-state index in [1.165, 1.54) is 20.4 Å². The third kappa shape index (κ3) is 2.81. The first kappa shape index (κ1) is 14.2. The van der Waals surface area contributed by atoms with Crippen molar-refractivity contribution in [3.63, 3.8) is 0 Å². The van der Waals surface area contributed by atoms with Gasteiger partial charge in [-0.3, -0.25) is 0 Å². The average molecular weight is 444 g/mol. The zero-order valence-electron chi connectivity index (χ0n) is 11.1. The van der Waals surface area contributed by atoms with E-state index in [4.69, 9.17) is 4.74 Å². The normalized spacial score (nSPS) is 17.2. The number of benzene rings is 2. The summed E-state index contributed by atoms with van der Waals surface area (Å²) in [5.74, 6) is 0.914. The van der Waals surface area contributed by atoms with E-state index in [0.29, 0.717) is 6.04 Å². The van der Waals surface area contributed by atoms with Gasteiger partial charge in [-0.25, -0.2) is 0 Å². The molecule has 1 aliphatic heterocycles. The molecule has 1 N–H and O–H groups in total. The summed E-state index contributed by atoms with van der Waals surface area (Å²) in [4.78, 5) is 0. The van der Waals surface area contributed by atoms with Gasteiger partial charge < -0.3 is 10.1 Å². The van der Waals surface area contributed by atoms with Gasteiger partial charge in [0.25, 0.3) is 0 Å². The fraction of sp³-hybridized carbons (Fsp3) is 0.250. The second kappa shape index (κ2) is 5.93. The molecule has 1 unspecified atom stereocenters. The number of halogens is 2. The lowest BCUT2D eigenvalue weighted by atomic mass is 9.93. The standard InChI is InChI=1S/C16H15BrINO/c1-20-13-4-2-3-10(8-13)15-6-5-11-7-12(18)9-14(17)16(11)19-15/h2-4,7-9,15,19H,5-6H2,1H3. The molecular formula is C16H15BrINO. The summed E-state index contributed by atoms with van der Waals surface area (Å²) in [6.07, 6.45) is 2.20. The maximum absolute atomic E-state index is 5.32. The van der Waals surface area contributed by atoms with E-state index < -0.39 is 0 Å². The van der Waals surface area contributed by atoms with Crippen LogP contribution in [0.3, 0.4) is 0 Å². The Morgan fingerprint density at radius 1 is 1.30 bits per heavy atom. The molecule has 0 saturated carbocycles. The second-order valence-electron chi connectivity index (χ2n) is 4.93. The van der Waals surface area contributed by atoms with Crippen molar-refractivity contribution in [2.75, 3.05) is 12.4 Å². The SMILES string of the molecule is COc1cccc(C2CCc3cc(I)cc(Br)c3N2)c1. The lowest BCUT2D eigenvalue weighted by molar-refractivity contribution is 0.414. The van der Waals surface area contributed by atoms with Gasteiger partial charge in [0.1, 0.15) is 5.75 Å². The van der Waals surface area contributed by atoms with Crippen molar-refractivity contribution in [3.05, 3.63) is 55.6 Å². The Kier molecular flexibility index (Phi) is 4.21. The minimum atomic E-state index is 0.342. The van der Waals surface area contributed by atoms with Crippen LogP contribution in [0.25, 0.3) is 0 Å². The number of fused-ring (bicyclic) bond motifs is 1. The van der Waals surface area contributed by atoms with Crippen LogP contribution in [0, 0.1) is 3.57 Å². The summed E-state index contributed by atoms with van der Waals surface area (Å²) in [5, 5.41) is 3.65. The monoisotopic (exact) mass is 443 g/mol. The summed E-state index contributed by atoms with van der Waals surface area (Å²) >= 11 is 6.03. The maximum atomic E-state index is 5.32. The fourth-order valence-electron chi connectivity index (χ4n) is 2.64. The molecule has 4 heteroatoms. The molecule has 20 heavy (non-hydrogen) atoms. The van der Waals surface area contributed by atoms with Crippen molar-refractivity contribution in [1.29, 1.82) is 0 Å². The number of methoxy groups -OCH3 is 1. The Hall–Kier alpha value is -0.750. The molecule has 2 aromatic rings. The molecule has 0 fully saturated rings. The quantitative estimate of drug-likeness (QED) is 0.647. The fourth-order valence-corrected chi connectivity index (χ4v) is 4.37. The molecule has 104 valence electrons. The summed E-state index contributed by atoms with van der Waals surface area (Å²) in [6, 6.07) is 13.1. The first-order valence-electron chi connectivity index (χ1n) is 6.56. The number of ether oxygens (including phenoxy) is 1. The van der Waals surface area contributed by atoms with Gasteiger partial charge in [-0.2, -0.15) is 0 Å². The molecule has 3 rings (SSSR count). The van der Waals surface area contributed by atoms with E-state index in [1.54, 1.807) is 7.11 Å². The van der Waals surface area contributed by atoms with Crippen LogP contribution in [-0.4, -0.2) is 7.11 Å². The molecule has 0 radical (unpaired) electrons. The van der Waals surface area contributed by atoms with Gasteiger partial charge in [0.05, 0.1) is 18.8 Å². The number of aryl methyl sites for hydroxylation is 1. The molecule has 1 atom stereocenters. The van der Waals surface area contributed by atoms with Gasteiger partial charge >= 0.3 is 0 Å². The largest absolute Gasteiger partial charge is 0.497 e. The highest BCUT2D eigenvalue weighted by atomic mass is 127. The summed E-state index contributed by atoms with van der Waals surface area (Å²) in [6.45, 7) is 0. The van der Waals surface area contributed by atoms with Crippen LogP contribution in [0.5, 0.6) is 5.75 Å². The first-order valence-corrected chi connectivity index (χ1v) is 8.43. The number of anilines is 1. The molecule has 0 saturated heterocycles. The van der Waals surface area contributed by atoms with Gasteiger partial charge in [-0.05, 0) is 86.8 Å². The number of hydrogen-bond donors (Lipinski definition) is 1. The number of nitrogens with one attached hydrogen (secondary N) is 1. The van der Waals surface area contributed by atoms with Crippen LogP contribution in [0.1, 0.15) is 23.6 Å². The molecule has 2 nitrogen and oxygen atoms in total. The highest BCUT2D eigenvalue weighted by Gasteiger charge is 2.21. The van der Waals surface area contributed by atoms with Crippen LogP contribution < -0.4 is 10.1 Å². The van der Waals surface area contributed by atoms with Crippen LogP contribution in [0.4, 0.5) is 5.69 Å². The van der Waals surface area contributed by atoms with Crippen molar-refractivity contribution in [1.82, 2.24) is 0 Å². The van der Waals surface area contributed by atoms with Crippen LogP contribution in [-0.2, 0) is 6.42 Å². The Morgan fingerprint density at radius 3 is 2.95 bits per heavy atom. The Labute approximate surface area is 141 Å². The van der Waals surface area contributed by atoms with Crippen molar-refractivity contribution in [2.45, 2.75) is 18.9 Å². The smallest absolute Gasteiger partial charge is 0.119 e. The number of hydrogen-bond acceptors (Lipinski definition) is 2. The molecule has 0 spiro atoms. The Bertz CT molecular complexity index is 644. The third-order valence-corrected chi connectivity index (χ3v) is 4.90. The molecular weight excluding hydrogens is 429 g/mol. The molecule has 0 aromatic heterocycles. The van der Waals surface area contributed by atoms with Crippen molar-refractivity contribution < 1.29 is 4.74 Å². The van der Waals surface area contributed by atoms with Crippen molar-refractivity contribution in [3.8, 4) is 5.75 Å². The van der Waals surface area contributed by atoms with E-state index in [-0.39, 0.29) is 0 Å². The Balaban J connectivity index is 1.91. The zero-order valence-corrected chi connectivity index (χ0v) is 14.9. The lowest BCUT2D eigenvalue weighted by Crippen LogP contribution is -2.18. The molecule has 0 aliphatic carbocycles. The minimum absolute atomic E-state index is 0.342. The van der Waals surface area contributed by atoms with Gasteiger partial charge in [0.15, 0.2) is 0 Å². The predicted molar refractivity (Wildman–Crippen MR) is 94.5 cm³/mol. The van der Waals surface area contributed by atoms with Gasteiger partial charge in [0, 0.05) is 8.04 Å². The minimum Gasteiger partial charge on any atom is -0.497 e. The average Bonchev–Trinajstić information content (AvgIpc) is 2.47. The highest BCUT2D eigenvalue weighted by molar-refractivity contribution is 14.1.